The van der Waals surface area contributed by atoms with Crippen LogP contribution in [0.2, 0.25) is 0 Å². The predicted octanol–water partition coefficient (Wildman–Crippen LogP) is 2.65. The summed E-state index contributed by atoms with van der Waals surface area (Å²) in [5.74, 6) is -0.988. The summed E-state index contributed by atoms with van der Waals surface area (Å²) in [5.41, 5.74) is 0.678. The molecule has 1 aromatic heterocycles. The van der Waals surface area contributed by atoms with Gasteiger partial charge in [-0.15, -0.1) is 0 Å². The van der Waals surface area contributed by atoms with E-state index in [1.165, 1.54) is 18.3 Å². The van der Waals surface area contributed by atoms with Crippen molar-refractivity contribution in [2.24, 2.45) is 0 Å². The van der Waals surface area contributed by atoms with Crippen LogP contribution >= 0.6 is 11.8 Å². The van der Waals surface area contributed by atoms with Crippen LogP contribution in [-0.4, -0.2) is 33.0 Å². The minimum Gasteiger partial charge on any atom is -0.481 e. The molecular formula is C12H10F2N2O3S. The molecule has 0 aliphatic rings. The zero-order valence-electron chi connectivity index (χ0n) is 10.1. The maximum atomic E-state index is 12.0. The highest BCUT2D eigenvalue weighted by molar-refractivity contribution is 7.99. The van der Waals surface area contributed by atoms with Gasteiger partial charge in [0.25, 0.3) is 0 Å². The van der Waals surface area contributed by atoms with Crippen molar-refractivity contribution >= 4 is 17.7 Å². The monoisotopic (exact) mass is 300 g/mol. The molecule has 0 amide bonds. The van der Waals surface area contributed by atoms with Gasteiger partial charge in [-0.1, -0.05) is 11.8 Å². The highest BCUT2D eigenvalue weighted by atomic mass is 32.2. The Bertz CT molecular complexity index is 587. The molecule has 0 fully saturated rings. The molecule has 0 unspecified atom stereocenters. The van der Waals surface area contributed by atoms with E-state index in [0.29, 0.717) is 10.8 Å². The fourth-order valence-corrected chi connectivity index (χ4v) is 2.20. The molecule has 0 bridgehead atoms. The van der Waals surface area contributed by atoms with E-state index in [2.05, 4.69) is 9.72 Å². The molecule has 1 heterocycles. The number of alkyl halides is 2. The van der Waals surface area contributed by atoms with Crippen molar-refractivity contribution in [1.29, 1.82) is 0 Å². The van der Waals surface area contributed by atoms with Crippen LogP contribution in [0.15, 0.2) is 41.8 Å². The summed E-state index contributed by atoms with van der Waals surface area (Å²) in [6, 6.07) is 5.99. The van der Waals surface area contributed by atoms with Crippen molar-refractivity contribution in [2.75, 3.05) is 5.75 Å². The number of carboxylic acid groups (broad SMARTS) is 1. The topological polar surface area (TPSA) is 64.3 Å². The summed E-state index contributed by atoms with van der Waals surface area (Å²) >= 11 is 1.07. The van der Waals surface area contributed by atoms with Gasteiger partial charge in [-0.25, -0.2) is 4.98 Å². The van der Waals surface area contributed by atoms with Crippen LogP contribution in [0.1, 0.15) is 0 Å². The van der Waals surface area contributed by atoms with Gasteiger partial charge in [0.05, 0.1) is 5.75 Å². The maximum Gasteiger partial charge on any atom is 0.387 e. The van der Waals surface area contributed by atoms with E-state index in [-0.39, 0.29) is 11.5 Å². The minimum absolute atomic E-state index is 0.0589. The number of hydrogen-bond acceptors (Lipinski definition) is 4. The first-order chi connectivity index (χ1) is 9.56. The van der Waals surface area contributed by atoms with Gasteiger partial charge in [-0.2, -0.15) is 8.78 Å². The van der Waals surface area contributed by atoms with Crippen LogP contribution < -0.4 is 4.74 Å². The Kier molecular flexibility index (Phi) is 4.57. The normalized spacial score (nSPS) is 10.8. The number of benzene rings is 1. The largest absolute Gasteiger partial charge is 0.481 e. The zero-order chi connectivity index (χ0) is 14.5. The molecule has 0 aliphatic carbocycles. The zero-order valence-corrected chi connectivity index (χ0v) is 10.9. The molecule has 1 N–H and O–H groups in total. The van der Waals surface area contributed by atoms with E-state index >= 15 is 0 Å². The third-order valence-corrected chi connectivity index (χ3v) is 3.22. The van der Waals surface area contributed by atoms with E-state index in [1.54, 1.807) is 22.9 Å². The maximum absolute atomic E-state index is 12.0. The summed E-state index contributed by atoms with van der Waals surface area (Å²) in [7, 11) is 0. The van der Waals surface area contributed by atoms with Crippen LogP contribution in [-0.2, 0) is 4.79 Å². The van der Waals surface area contributed by atoms with Crippen molar-refractivity contribution in [3.63, 3.8) is 0 Å². The second-order valence-electron chi connectivity index (χ2n) is 3.63. The Morgan fingerprint density at radius 3 is 2.70 bits per heavy atom. The number of thioether (sulfide) groups is 1. The average Bonchev–Trinajstić information content (AvgIpc) is 2.85. The van der Waals surface area contributed by atoms with Crippen LogP contribution in [0.3, 0.4) is 0 Å². The molecular weight excluding hydrogens is 290 g/mol. The minimum atomic E-state index is -2.87. The second kappa shape index (κ2) is 6.38. The van der Waals surface area contributed by atoms with Crippen LogP contribution in [0.5, 0.6) is 5.75 Å². The Morgan fingerprint density at radius 2 is 2.10 bits per heavy atom. The second-order valence-corrected chi connectivity index (χ2v) is 4.58. The number of carbonyl (C=O) groups is 1. The van der Waals surface area contributed by atoms with Crippen LogP contribution in [0.4, 0.5) is 8.78 Å². The van der Waals surface area contributed by atoms with Crippen molar-refractivity contribution < 1.29 is 23.4 Å². The van der Waals surface area contributed by atoms with Gasteiger partial charge in [-0.05, 0) is 24.3 Å². The lowest BCUT2D eigenvalue weighted by atomic mass is 10.3. The van der Waals surface area contributed by atoms with Gasteiger partial charge in [-0.3, -0.25) is 9.36 Å². The van der Waals surface area contributed by atoms with E-state index in [1.807, 2.05) is 0 Å². The van der Waals surface area contributed by atoms with Crippen LogP contribution in [0, 0.1) is 0 Å². The molecule has 0 saturated carbocycles. The molecule has 8 heteroatoms. The standard InChI is InChI=1S/C12H10F2N2O3S/c13-11(14)19-9-3-1-8(2-4-9)16-6-5-15-12(16)20-7-10(17)18/h1-6,11H,7H2,(H,17,18). The van der Waals surface area contributed by atoms with E-state index < -0.39 is 12.6 Å². The van der Waals surface area contributed by atoms with E-state index in [9.17, 15) is 13.6 Å². The number of aliphatic carboxylic acids is 1. The van der Waals surface area contributed by atoms with Gasteiger partial charge in [0, 0.05) is 18.1 Å². The van der Waals surface area contributed by atoms with E-state index in [4.69, 9.17) is 5.11 Å². The SMILES string of the molecule is O=C(O)CSc1nccn1-c1ccc(OC(F)F)cc1. The lowest BCUT2D eigenvalue weighted by Crippen LogP contribution is -2.03. The highest BCUT2D eigenvalue weighted by Crippen LogP contribution is 2.22. The summed E-state index contributed by atoms with van der Waals surface area (Å²) in [6.45, 7) is -2.87. The molecule has 20 heavy (non-hydrogen) atoms. The van der Waals surface area contributed by atoms with Crippen molar-refractivity contribution in [3.05, 3.63) is 36.7 Å². The Balaban J connectivity index is 2.15. The lowest BCUT2D eigenvalue weighted by Gasteiger charge is -2.08. The van der Waals surface area contributed by atoms with Gasteiger partial charge >= 0.3 is 12.6 Å². The smallest absolute Gasteiger partial charge is 0.387 e. The predicted molar refractivity (Wildman–Crippen MR) is 68.6 cm³/mol. The fraction of sp³-hybridized carbons (Fsp3) is 0.167. The Morgan fingerprint density at radius 1 is 1.40 bits per heavy atom. The number of imidazole rings is 1. The third-order valence-electron chi connectivity index (χ3n) is 2.27. The summed E-state index contributed by atoms with van der Waals surface area (Å²) in [4.78, 5) is 14.6. The number of rotatable bonds is 6. The molecule has 0 aliphatic heterocycles. The Hall–Kier alpha value is -2.09. The first kappa shape index (κ1) is 14.3. The van der Waals surface area contributed by atoms with E-state index in [0.717, 1.165) is 11.8 Å². The summed E-state index contributed by atoms with van der Waals surface area (Å²) < 4.78 is 30.0. The third kappa shape index (κ3) is 3.70. The van der Waals surface area contributed by atoms with Gasteiger partial charge < -0.3 is 9.84 Å². The fourth-order valence-electron chi connectivity index (χ4n) is 1.51. The number of aromatic nitrogens is 2. The van der Waals surface area contributed by atoms with Crippen molar-refractivity contribution in [3.8, 4) is 11.4 Å². The molecule has 0 radical (unpaired) electrons. The molecule has 0 atom stereocenters. The number of hydrogen-bond donors (Lipinski definition) is 1. The lowest BCUT2D eigenvalue weighted by molar-refractivity contribution is -0.133. The van der Waals surface area contributed by atoms with Crippen molar-refractivity contribution in [1.82, 2.24) is 9.55 Å². The molecule has 1 aromatic carbocycles. The number of halogens is 2. The molecule has 106 valence electrons. The quantitative estimate of drug-likeness (QED) is 0.831. The Labute approximate surface area is 117 Å². The molecule has 5 nitrogen and oxygen atoms in total. The molecule has 0 spiro atoms. The molecule has 2 rings (SSSR count). The number of carboxylic acids is 1. The number of ether oxygens (including phenoxy) is 1. The summed E-state index contributed by atoms with van der Waals surface area (Å²) in [5, 5.41) is 9.16. The average molecular weight is 300 g/mol. The van der Waals surface area contributed by atoms with Crippen LogP contribution in [0.25, 0.3) is 5.69 Å². The number of nitrogens with zero attached hydrogens (tertiary/aromatic N) is 2. The first-order valence-corrected chi connectivity index (χ1v) is 6.48. The first-order valence-electron chi connectivity index (χ1n) is 5.49. The highest BCUT2D eigenvalue weighted by Gasteiger charge is 2.09. The van der Waals surface area contributed by atoms with Gasteiger partial charge in [0.2, 0.25) is 0 Å². The van der Waals surface area contributed by atoms with Gasteiger partial charge in [0.15, 0.2) is 5.16 Å². The van der Waals surface area contributed by atoms with Crippen molar-refractivity contribution in [2.45, 2.75) is 11.8 Å². The van der Waals surface area contributed by atoms with Gasteiger partial charge in [0.1, 0.15) is 5.75 Å². The molecule has 0 saturated heterocycles. The molecule has 2 aromatic rings. The summed E-state index contributed by atoms with van der Waals surface area (Å²) in [6.07, 6.45) is 3.20.